The minimum absolute atomic E-state index is 0.0280. The van der Waals surface area contributed by atoms with Crippen LogP contribution in [0.15, 0.2) is 22.8 Å². The lowest BCUT2D eigenvalue weighted by atomic mass is 10.2. The van der Waals surface area contributed by atoms with Crippen LogP contribution in [0.25, 0.3) is 0 Å². The van der Waals surface area contributed by atoms with Crippen LogP contribution in [-0.2, 0) is 4.79 Å². The van der Waals surface area contributed by atoms with Crippen molar-refractivity contribution in [1.82, 2.24) is 10.6 Å². The number of amides is 1. The van der Waals surface area contributed by atoms with Crippen LogP contribution in [0.5, 0.6) is 0 Å². The zero-order valence-electron chi connectivity index (χ0n) is 10.1. The van der Waals surface area contributed by atoms with Gasteiger partial charge in [0.15, 0.2) is 0 Å². The van der Waals surface area contributed by atoms with Gasteiger partial charge in [-0.3, -0.25) is 10.1 Å². The molecule has 2 N–H and O–H groups in total. The van der Waals surface area contributed by atoms with Crippen molar-refractivity contribution >= 4 is 5.91 Å². The zero-order chi connectivity index (χ0) is 12.0. The van der Waals surface area contributed by atoms with Crippen LogP contribution in [0, 0.1) is 0 Å². The molecule has 0 saturated carbocycles. The van der Waals surface area contributed by atoms with E-state index in [1.807, 2.05) is 32.9 Å². The highest BCUT2D eigenvalue weighted by atomic mass is 16.3. The molecule has 2 atom stereocenters. The van der Waals surface area contributed by atoms with E-state index in [0.717, 1.165) is 18.7 Å². The second-order valence-electron chi connectivity index (χ2n) is 3.92. The van der Waals surface area contributed by atoms with Gasteiger partial charge in [-0.1, -0.05) is 6.92 Å². The molecular formula is C12H20N2O2. The van der Waals surface area contributed by atoms with E-state index >= 15 is 0 Å². The summed E-state index contributed by atoms with van der Waals surface area (Å²) in [4.78, 5) is 11.6. The van der Waals surface area contributed by atoms with E-state index in [4.69, 9.17) is 4.42 Å². The molecule has 1 heterocycles. The maximum Gasteiger partial charge on any atom is 0.236 e. The Hall–Kier alpha value is -1.29. The first-order valence-electron chi connectivity index (χ1n) is 5.72. The van der Waals surface area contributed by atoms with Crippen LogP contribution < -0.4 is 10.6 Å². The minimum atomic E-state index is -0.216. The Balaban J connectivity index is 2.38. The molecule has 0 spiro atoms. The molecule has 16 heavy (non-hydrogen) atoms. The second-order valence-corrected chi connectivity index (χ2v) is 3.92. The molecule has 1 aromatic rings. The second kappa shape index (κ2) is 6.33. The van der Waals surface area contributed by atoms with Crippen molar-refractivity contribution in [2.24, 2.45) is 0 Å². The van der Waals surface area contributed by atoms with Gasteiger partial charge in [-0.05, 0) is 32.4 Å². The fourth-order valence-corrected chi connectivity index (χ4v) is 1.47. The van der Waals surface area contributed by atoms with Gasteiger partial charge in [-0.25, -0.2) is 0 Å². The van der Waals surface area contributed by atoms with Crippen LogP contribution in [-0.4, -0.2) is 18.5 Å². The molecule has 0 aliphatic heterocycles. The summed E-state index contributed by atoms with van der Waals surface area (Å²) >= 11 is 0. The molecule has 0 aromatic carbocycles. The predicted molar refractivity (Wildman–Crippen MR) is 63.0 cm³/mol. The third kappa shape index (κ3) is 3.70. The number of carbonyl (C=O) groups excluding carboxylic acids is 1. The highest BCUT2D eigenvalue weighted by Gasteiger charge is 2.16. The lowest BCUT2D eigenvalue weighted by molar-refractivity contribution is -0.122. The summed E-state index contributed by atoms with van der Waals surface area (Å²) in [5.41, 5.74) is 0. The van der Waals surface area contributed by atoms with Crippen molar-refractivity contribution in [3.63, 3.8) is 0 Å². The number of hydrogen-bond donors (Lipinski definition) is 2. The molecule has 1 rings (SSSR count). The average molecular weight is 224 g/mol. The Labute approximate surface area is 96.4 Å². The van der Waals surface area contributed by atoms with Gasteiger partial charge >= 0.3 is 0 Å². The Morgan fingerprint density at radius 1 is 1.50 bits per heavy atom. The van der Waals surface area contributed by atoms with Crippen molar-refractivity contribution < 1.29 is 9.21 Å². The number of hydrogen-bond acceptors (Lipinski definition) is 3. The summed E-state index contributed by atoms with van der Waals surface area (Å²) in [6, 6.07) is 3.56. The van der Waals surface area contributed by atoms with Gasteiger partial charge in [0.25, 0.3) is 0 Å². The topological polar surface area (TPSA) is 54.3 Å². The van der Waals surface area contributed by atoms with Crippen LogP contribution in [0.1, 0.15) is 39.0 Å². The smallest absolute Gasteiger partial charge is 0.236 e. The first-order valence-corrected chi connectivity index (χ1v) is 5.72. The first kappa shape index (κ1) is 12.8. The van der Waals surface area contributed by atoms with Crippen molar-refractivity contribution in [2.75, 3.05) is 6.54 Å². The van der Waals surface area contributed by atoms with E-state index in [-0.39, 0.29) is 18.0 Å². The molecule has 0 fully saturated rings. The monoisotopic (exact) mass is 224 g/mol. The Bertz CT molecular complexity index is 309. The van der Waals surface area contributed by atoms with E-state index in [0.29, 0.717) is 0 Å². The normalized spacial score (nSPS) is 14.4. The largest absolute Gasteiger partial charge is 0.468 e. The highest BCUT2D eigenvalue weighted by Crippen LogP contribution is 2.12. The predicted octanol–water partition coefficient (Wildman–Crippen LogP) is 1.84. The third-order valence-electron chi connectivity index (χ3n) is 2.41. The fraction of sp³-hybridized carbons (Fsp3) is 0.583. The van der Waals surface area contributed by atoms with Gasteiger partial charge in [0.1, 0.15) is 5.76 Å². The molecule has 0 saturated heterocycles. The summed E-state index contributed by atoms with van der Waals surface area (Å²) in [6.07, 6.45) is 2.58. The number of furan rings is 1. The summed E-state index contributed by atoms with van der Waals surface area (Å²) in [5, 5.41) is 6.04. The van der Waals surface area contributed by atoms with Crippen molar-refractivity contribution in [1.29, 1.82) is 0 Å². The molecule has 0 radical (unpaired) electrons. The molecule has 0 aliphatic rings. The van der Waals surface area contributed by atoms with Crippen molar-refractivity contribution in [3.8, 4) is 0 Å². The standard InChI is InChI=1S/C12H20N2O2/c1-4-7-13-12(15)10(3)14-9(2)11-6-5-8-16-11/h5-6,8-10,14H,4,7H2,1-3H3,(H,13,15)/t9-,10?/m0/s1. The van der Waals surface area contributed by atoms with Gasteiger partial charge < -0.3 is 9.73 Å². The average Bonchev–Trinajstić information content (AvgIpc) is 2.79. The third-order valence-corrected chi connectivity index (χ3v) is 2.41. The molecule has 4 heteroatoms. The Morgan fingerprint density at radius 3 is 2.81 bits per heavy atom. The summed E-state index contributed by atoms with van der Waals surface area (Å²) < 4.78 is 5.26. The molecular weight excluding hydrogens is 204 g/mol. The van der Waals surface area contributed by atoms with Gasteiger partial charge in [-0.2, -0.15) is 0 Å². The van der Waals surface area contributed by atoms with E-state index in [9.17, 15) is 4.79 Å². The van der Waals surface area contributed by atoms with E-state index in [1.54, 1.807) is 6.26 Å². The highest BCUT2D eigenvalue weighted by molar-refractivity contribution is 5.81. The van der Waals surface area contributed by atoms with E-state index < -0.39 is 0 Å². The zero-order valence-corrected chi connectivity index (χ0v) is 10.1. The van der Waals surface area contributed by atoms with E-state index in [2.05, 4.69) is 10.6 Å². The van der Waals surface area contributed by atoms with Crippen LogP contribution in [0.2, 0.25) is 0 Å². The van der Waals surface area contributed by atoms with Crippen molar-refractivity contribution in [3.05, 3.63) is 24.2 Å². The summed E-state index contributed by atoms with van der Waals surface area (Å²) in [7, 11) is 0. The lowest BCUT2D eigenvalue weighted by Crippen LogP contribution is -2.43. The molecule has 4 nitrogen and oxygen atoms in total. The fourth-order valence-electron chi connectivity index (χ4n) is 1.47. The lowest BCUT2D eigenvalue weighted by Gasteiger charge is -2.17. The van der Waals surface area contributed by atoms with Crippen LogP contribution in [0.3, 0.4) is 0 Å². The number of nitrogens with one attached hydrogen (secondary N) is 2. The molecule has 1 unspecified atom stereocenters. The molecule has 0 bridgehead atoms. The van der Waals surface area contributed by atoms with Crippen LogP contribution in [0.4, 0.5) is 0 Å². The molecule has 0 aliphatic carbocycles. The quantitative estimate of drug-likeness (QED) is 0.775. The van der Waals surface area contributed by atoms with Crippen molar-refractivity contribution in [2.45, 2.75) is 39.3 Å². The maximum atomic E-state index is 11.6. The van der Waals surface area contributed by atoms with Crippen LogP contribution >= 0.6 is 0 Å². The molecule has 1 aromatic heterocycles. The van der Waals surface area contributed by atoms with Gasteiger partial charge in [0.2, 0.25) is 5.91 Å². The Morgan fingerprint density at radius 2 is 2.25 bits per heavy atom. The SMILES string of the molecule is CCCNC(=O)C(C)N[C@@H](C)c1ccco1. The maximum absolute atomic E-state index is 11.6. The minimum Gasteiger partial charge on any atom is -0.468 e. The van der Waals surface area contributed by atoms with Gasteiger partial charge in [0, 0.05) is 6.54 Å². The van der Waals surface area contributed by atoms with Gasteiger partial charge in [-0.15, -0.1) is 0 Å². The van der Waals surface area contributed by atoms with Gasteiger partial charge in [0.05, 0.1) is 18.3 Å². The molecule has 1 amide bonds. The molecule has 90 valence electrons. The Kier molecular flexibility index (Phi) is 5.05. The summed E-state index contributed by atoms with van der Waals surface area (Å²) in [5.74, 6) is 0.871. The first-order chi connectivity index (χ1) is 7.65. The summed E-state index contributed by atoms with van der Waals surface area (Å²) in [6.45, 7) is 6.58. The number of carbonyl (C=O) groups is 1. The number of rotatable bonds is 6. The van der Waals surface area contributed by atoms with E-state index in [1.165, 1.54) is 0 Å².